The van der Waals surface area contributed by atoms with Gasteiger partial charge in [0.25, 0.3) is 0 Å². The van der Waals surface area contributed by atoms with Crippen molar-refractivity contribution >= 4 is 46.5 Å². The molecule has 2 saturated carbocycles. The minimum absolute atomic E-state index is 0.0182. The van der Waals surface area contributed by atoms with E-state index in [4.69, 9.17) is 0 Å². The Hall–Kier alpha value is -3.24. The Labute approximate surface area is 220 Å². The van der Waals surface area contributed by atoms with Crippen molar-refractivity contribution in [3.63, 3.8) is 0 Å². The highest BCUT2D eigenvalue weighted by Crippen LogP contribution is 2.68. The average molecular weight is 533 g/mol. The summed E-state index contributed by atoms with van der Waals surface area (Å²) in [6.45, 7) is 1.69. The number of carbonyl (C=O) groups is 3. The average Bonchev–Trinajstić information content (AvgIpc) is 3.62. The third-order valence-electron chi connectivity index (χ3n) is 8.50. The minimum Gasteiger partial charge on any atom is -0.325 e. The van der Waals surface area contributed by atoms with Crippen LogP contribution in [-0.4, -0.2) is 44.4 Å². The molecule has 2 bridgehead atoms. The van der Waals surface area contributed by atoms with Crippen LogP contribution in [0.4, 0.5) is 5.69 Å². The third kappa shape index (κ3) is 3.45. The number of aromatic nitrogens is 2. The molecule has 0 spiro atoms. The van der Waals surface area contributed by atoms with Gasteiger partial charge in [0.15, 0.2) is 0 Å². The number of pyridine rings is 1. The fourth-order valence-electron chi connectivity index (χ4n) is 7.15. The van der Waals surface area contributed by atoms with E-state index >= 15 is 0 Å². The second-order valence-electron chi connectivity index (χ2n) is 10.4. The predicted octanol–water partition coefficient (Wildman–Crippen LogP) is 3.25. The maximum atomic E-state index is 13.6. The largest absolute Gasteiger partial charge is 0.325 e. The lowest BCUT2D eigenvalue weighted by atomic mass is 9.68. The smallest absolute Gasteiger partial charge is 0.305 e. The molecule has 2 aliphatic heterocycles. The number of thiazole rings is 1. The fourth-order valence-corrected chi connectivity index (χ4v) is 10.0. The number of nitrogens with one attached hydrogen (secondary N) is 2. The molecule has 3 aromatic rings. The van der Waals surface area contributed by atoms with Crippen molar-refractivity contribution in [3.05, 3.63) is 74.5 Å². The van der Waals surface area contributed by atoms with Crippen LogP contribution < -0.4 is 10.2 Å². The topological polar surface area (TPSA) is 112 Å². The summed E-state index contributed by atoms with van der Waals surface area (Å²) in [5.74, 6) is -1.53. The van der Waals surface area contributed by atoms with E-state index in [-0.39, 0.29) is 58.1 Å². The van der Waals surface area contributed by atoms with Crippen LogP contribution in [0.2, 0.25) is 0 Å². The van der Waals surface area contributed by atoms with Crippen LogP contribution in [-0.2, 0) is 14.4 Å². The number of carbonyl (C=O) groups excluding carboxylic acids is 3. The standard InChI is InChI=1S/C27H24N4O4S2/c1-12-4-6-14(7-5-12)29-17(32)11-31-25(33)20-15-9-16(21(20)26(31)34)22-19(15)18(13-3-2-8-28-10-13)23-24(36-22)30-27(35)37-23/h2-8,10,15-16,18-22H,9,11H2,1H3,(H,29,32)(H,30,35)/t15?,16?,18-,19?,20?,21?,22?/m1/s1. The summed E-state index contributed by atoms with van der Waals surface area (Å²) in [6, 6.07) is 11.3. The number of hydrogen-bond donors (Lipinski definition) is 2. The van der Waals surface area contributed by atoms with Crippen molar-refractivity contribution in [1.82, 2.24) is 14.9 Å². The van der Waals surface area contributed by atoms with E-state index in [1.165, 1.54) is 16.2 Å². The Balaban J connectivity index is 1.18. The Kier molecular flexibility index (Phi) is 5.20. The Morgan fingerprint density at radius 3 is 2.59 bits per heavy atom. The zero-order valence-corrected chi connectivity index (χ0v) is 21.6. The summed E-state index contributed by atoms with van der Waals surface area (Å²) in [4.78, 5) is 61.7. The Bertz CT molecular complexity index is 1480. The lowest BCUT2D eigenvalue weighted by Crippen LogP contribution is -2.42. The van der Waals surface area contributed by atoms with Gasteiger partial charge in [-0.2, -0.15) is 0 Å². The molecule has 7 rings (SSSR count). The molecule has 7 atom stereocenters. The normalized spacial score (nSPS) is 31.3. The molecule has 4 heterocycles. The lowest BCUT2D eigenvalue weighted by Gasteiger charge is -2.42. The molecule has 2 N–H and O–H groups in total. The molecule has 0 radical (unpaired) electrons. The van der Waals surface area contributed by atoms with Gasteiger partial charge < -0.3 is 10.3 Å². The summed E-state index contributed by atoms with van der Waals surface area (Å²) in [7, 11) is 0. The van der Waals surface area contributed by atoms with Gasteiger partial charge in [0.05, 0.1) is 16.9 Å². The van der Waals surface area contributed by atoms with Crippen molar-refractivity contribution in [1.29, 1.82) is 0 Å². The van der Waals surface area contributed by atoms with E-state index in [0.717, 1.165) is 27.5 Å². The molecule has 188 valence electrons. The van der Waals surface area contributed by atoms with E-state index in [0.29, 0.717) is 5.69 Å². The van der Waals surface area contributed by atoms with Crippen LogP contribution >= 0.6 is 23.1 Å². The van der Waals surface area contributed by atoms with Gasteiger partial charge in [-0.25, -0.2) is 0 Å². The number of imide groups is 1. The van der Waals surface area contributed by atoms with E-state index in [1.807, 2.05) is 37.4 Å². The number of amides is 3. The number of likely N-dealkylation sites (tertiary alicyclic amines) is 1. The van der Waals surface area contributed by atoms with Gasteiger partial charge in [0.2, 0.25) is 17.7 Å². The lowest BCUT2D eigenvalue weighted by molar-refractivity contribution is -0.143. The highest BCUT2D eigenvalue weighted by Gasteiger charge is 2.69. The highest BCUT2D eigenvalue weighted by molar-refractivity contribution is 8.00. The van der Waals surface area contributed by atoms with Crippen LogP contribution in [0.15, 0.2) is 58.6 Å². The molecule has 6 unspecified atom stereocenters. The Morgan fingerprint density at radius 1 is 1.11 bits per heavy atom. The van der Waals surface area contributed by atoms with E-state index < -0.39 is 11.8 Å². The number of thioether (sulfide) groups is 1. The summed E-state index contributed by atoms with van der Waals surface area (Å²) in [5, 5.41) is 3.80. The summed E-state index contributed by atoms with van der Waals surface area (Å²) >= 11 is 2.89. The molecule has 10 heteroatoms. The van der Waals surface area contributed by atoms with Gasteiger partial charge >= 0.3 is 4.87 Å². The van der Waals surface area contributed by atoms with Crippen LogP contribution in [0.25, 0.3) is 0 Å². The van der Waals surface area contributed by atoms with Gasteiger partial charge in [-0.15, -0.1) is 11.8 Å². The predicted molar refractivity (Wildman–Crippen MR) is 139 cm³/mol. The second-order valence-corrected chi connectivity index (χ2v) is 12.6. The quantitative estimate of drug-likeness (QED) is 0.499. The van der Waals surface area contributed by atoms with Crippen LogP contribution in [0.1, 0.15) is 28.3 Å². The second kappa shape index (κ2) is 8.39. The number of anilines is 1. The van der Waals surface area contributed by atoms with Crippen molar-refractivity contribution in [2.45, 2.75) is 29.5 Å². The van der Waals surface area contributed by atoms with E-state index in [9.17, 15) is 19.2 Å². The first-order valence-corrected chi connectivity index (χ1v) is 14.1. The number of benzene rings is 1. The first kappa shape index (κ1) is 22.9. The molecule has 4 aliphatic rings. The number of rotatable bonds is 4. The van der Waals surface area contributed by atoms with Crippen molar-refractivity contribution < 1.29 is 14.4 Å². The maximum Gasteiger partial charge on any atom is 0.305 e. The number of hydrogen-bond acceptors (Lipinski definition) is 7. The summed E-state index contributed by atoms with van der Waals surface area (Å²) in [6.07, 6.45) is 4.39. The number of fused-ring (bicyclic) bond motifs is 9. The van der Waals surface area contributed by atoms with Crippen molar-refractivity contribution in [2.75, 3.05) is 11.9 Å². The minimum atomic E-state index is -0.414. The third-order valence-corrected chi connectivity index (χ3v) is 11.1. The SMILES string of the molecule is Cc1ccc(NC(=O)CN2C(=O)C3C4CC(C3C2=O)C2C4Sc3[nH]c(=O)sc3[C@@H]2c2cccnc2)cc1. The molecular formula is C27H24N4O4S2. The first-order valence-electron chi connectivity index (χ1n) is 12.4. The van der Waals surface area contributed by atoms with Gasteiger partial charge in [-0.05, 0) is 54.9 Å². The molecule has 8 nitrogen and oxygen atoms in total. The first-order chi connectivity index (χ1) is 17.9. The molecule has 1 aromatic carbocycles. The van der Waals surface area contributed by atoms with E-state index in [1.54, 1.807) is 30.1 Å². The monoisotopic (exact) mass is 532 g/mol. The maximum absolute atomic E-state index is 13.6. The number of H-pyrrole nitrogens is 1. The Morgan fingerprint density at radius 2 is 1.86 bits per heavy atom. The van der Waals surface area contributed by atoms with Gasteiger partial charge in [-0.1, -0.05) is 35.1 Å². The number of aromatic amines is 1. The van der Waals surface area contributed by atoms with Crippen LogP contribution in [0, 0.1) is 36.5 Å². The molecule has 3 fully saturated rings. The zero-order valence-electron chi connectivity index (χ0n) is 19.9. The van der Waals surface area contributed by atoms with Gasteiger partial charge in [0, 0.05) is 34.1 Å². The molecular weight excluding hydrogens is 508 g/mol. The van der Waals surface area contributed by atoms with Crippen LogP contribution in [0.5, 0.6) is 0 Å². The van der Waals surface area contributed by atoms with Crippen LogP contribution in [0.3, 0.4) is 0 Å². The van der Waals surface area contributed by atoms with Gasteiger partial charge in [-0.3, -0.25) is 29.1 Å². The number of nitrogens with zero attached hydrogens (tertiary/aromatic N) is 2. The fraction of sp³-hybridized carbons (Fsp3) is 0.370. The molecule has 2 aromatic heterocycles. The molecule has 3 amide bonds. The van der Waals surface area contributed by atoms with Gasteiger partial charge in [0.1, 0.15) is 6.54 Å². The highest BCUT2D eigenvalue weighted by atomic mass is 32.2. The zero-order chi connectivity index (χ0) is 25.4. The van der Waals surface area contributed by atoms with Crippen molar-refractivity contribution in [2.24, 2.45) is 29.6 Å². The summed E-state index contributed by atoms with van der Waals surface area (Å²) < 4.78 is 0. The number of aryl methyl sites for hydroxylation is 1. The molecule has 37 heavy (non-hydrogen) atoms. The van der Waals surface area contributed by atoms with Crippen molar-refractivity contribution in [3.8, 4) is 0 Å². The molecule has 1 saturated heterocycles. The summed E-state index contributed by atoms with van der Waals surface area (Å²) in [5.41, 5.74) is 2.75. The van der Waals surface area contributed by atoms with E-state index in [2.05, 4.69) is 15.3 Å². The molecule has 2 aliphatic carbocycles.